The Bertz CT molecular complexity index is 1870. The monoisotopic (exact) mass is 687 g/mol. The Labute approximate surface area is 259 Å². The van der Waals surface area contributed by atoms with Gasteiger partial charge in [0.05, 0.1) is 35.0 Å². The van der Waals surface area contributed by atoms with Gasteiger partial charge in [0, 0.05) is 17.8 Å². The smallest absolute Gasteiger partial charge is 0.265 e. The number of methoxy groups -OCH3 is 2. The second-order valence-electron chi connectivity index (χ2n) is 9.26. The van der Waals surface area contributed by atoms with Gasteiger partial charge in [-0.2, -0.15) is 0 Å². The van der Waals surface area contributed by atoms with Crippen molar-refractivity contribution in [1.29, 1.82) is 0 Å². The van der Waals surface area contributed by atoms with Crippen molar-refractivity contribution in [2.75, 3.05) is 35.1 Å². The zero-order valence-electron chi connectivity index (χ0n) is 23.8. The highest BCUT2D eigenvalue weighted by Crippen LogP contribution is 2.32. The first-order valence-corrected chi connectivity index (χ1v) is 16.7. The second-order valence-corrected chi connectivity index (χ2v) is 13.6. The average Bonchev–Trinajstić information content (AvgIpc) is 2.98. The number of hydrogen-bond acceptors (Lipinski definition) is 7. The molecule has 0 radical (unpaired) electrons. The van der Waals surface area contributed by atoms with E-state index in [0.717, 1.165) is 0 Å². The number of amides is 1. The number of carbonyl (C=O) groups is 1. The number of anilines is 3. The molecule has 0 atom stereocenters. The van der Waals surface area contributed by atoms with E-state index >= 15 is 0 Å². The van der Waals surface area contributed by atoms with Gasteiger partial charge in [0.1, 0.15) is 16.4 Å². The highest BCUT2D eigenvalue weighted by molar-refractivity contribution is 9.10. The number of aryl methyl sites for hydroxylation is 1. The molecule has 4 aromatic rings. The molecule has 43 heavy (non-hydrogen) atoms. The van der Waals surface area contributed by atoms with Gasteiger partial charge in [-0.3, -0.25) is 13.8 Å². The summed E-state index contributed by atoms with van der Waals surface area (Å²) in [6, 6.07) is 21.9. The number of nitrogens with one attached hydrogen (secondary N) is 2. The molecule has 226 valence electrons. The summed E-state index contributed by atoms with van der Waals surface area (Å²) in [5.74, 6) is -0.0399. The summed E-state index contributed by atoms with van der Waals surface area (Å²) in [5, 5.41) is 2.66. The molecule has 13 heteroatoms. The first-order valence-electron chi connectivity index (χ1n) is 13.0. The van der Waals surface area contributed by atoms with Crippen LogP contribution in [0.3, 0.4) is 0 Å². The molecular weight excluding hydrogens is 658 g/mol. The topological polar surface area (TPSA) is 131 Å². The summed E-state index contributed by atoms with van der Waals surface area (Å²) in [4.78, 5) is 13.1. The predicted molar refractivity (Wildman–Crippen MR) is 170 cm³/mol. The Morgan fingerprint density at radius 1 is 0.814 bits per heavy atom. The maximum Gasteiger partial charge on any atom is 0.265 e. The van der Waals surface area contributed by atoms with Crippen molar-refractivity contribution >= 4 is 58.9 Å². The summed E-state index contributed by atoms with van der Waals surface area (Å²) >= 11 is 3.33. The number of rotatable bonds is 11. The quantitative estimate of drug-likeness (QED) is 0.196. The van der Waals surface area contributed by atoms with E-state index in [2.05, 4.69) is 26.0 Å². The highest BCUT2D eigenvalue weighted by Gasteiger charge is 2.27. The van der Waals surface area contributed by atoms with Crippen LogP contribution in [0.1, 0.15) is 22.8 Å². The van der Waals surface area contributed by atoms with E-state index in [0.29, 0.717) is 21.5 Å². The van der Waals surface area contributed by atoms with Gasteiger partial charge in [-0.05, 0) is 96.0 Å². The lowest BCUT2D eigenvalue weighted by Gasteiger charge is -2.24. The van der Waals surface area contributed by atoms with Crippen LogP contribution in [-0.2, 0) is 20.0 Å². The molecule has 0 aromatic heterocycles. The maximum absolute atomic E-state index is 13.6. The molecule has 0 saturated carbocycles. The van der Waals surface area contributed by atoms with Crippen LogP contribution in [0.2, 0.25) is 0 Å². The third kappa shape index (κ3) is 6.95. The molecule has 0 aliphatic carbocycles. The zero-order valence-corrected chi connectivity index (χ0v) is 27.0. The van der Waals surface area contributed by atoms with Gasteiger partial charge in [-0.15, -0.1) is 0 Å². The van der Waals surface area contributed by atoms with E-state index in [1.54, 1.807) is 68.4 Å². The van der Waals surface area contributed by atoms with Crippen molar-refractivity contribution in [3.63, 3.8) is 0 Å². The summed E-state index contributed by atoms with van der Waals surface area (Å²) in [6.45, 7) is 3.57. The number of benzene rings is 4. The normalized spacial score (nSPS) is 11.5. The van der Waals surface area contributed by atoms with Crippen molar-refractivity contribution in [3.05, 3.63) is 101 Å². The number of para-hydroxylation sites is 1. The minimum absolute atomic E-state index is 0.0151. The minimum atomic E-state index is -4.16. The molecule has 0 heterocycles. The third-order valence-corrected chi connectivity index (χ3v) is 10.5. The van der Waals surface area contributed by atoms with Gasteiger partial charge in [0.25, 0.3) is 26.0 Å². The summed E-state index contributed by atoms with van der Waals surface area (Å²) in [5.41, 5.74) is 1.48. The van der Waals surface area contributed by atoms with Crippen molar-refractivity contribution in [2.45, 2.75) is 23.6 Å². The molecule has 1 amide bonds. The number of hydrogen-bond donors (Lipinski definition) is 2. The minimum Gasteiger partial charge on any atom is -0.496 e. The molecule has 0 fully saturated rings. The van der Waals surface area contributed by atoms with Crippen LogP contribution in [0.5, 0.6) is 11.5 Å². The van der Waals surface area contributed by atoms with E-state index in [4.69, 9.17) is 9.47 Å². The molecule has 0 unspecified atom stereocenters. The van der Waals surface area contributed by atoms with Gasteiger partial charge in [0.2, 0.25) is 0 Å². The van der Waals surface area contributed by atoms with Crippen LogP contribution in [0.25, 0.3) is 0 Å². The van der Waals surface area contributed by atoms with Crippen LogP contribution >= 0.6 is 15.9 Å². The predicted octanol–water partition coefficient (Wildman–Crippen LogP) is 6.04. The summed E-state index contributed by atoms with van der Waals surface area (Å²) < 4.78 is 68.7. The Hall–Kier alpha value is -4.07. The summed E-state index contributed by atoms with van der Waals surface area (Å²) in [6.07, 6.45) is 0. The van der Waals surface area contributed by atoms with Crippen molar-refractivity contribution in [2.24, 2.45) is 0 Å². The van der Waals surface area contributed by atoms with Crippen LogP contribution in [0, 0.1) is 6.92 Å². The molecule has 0 bridgehead atoms. The summed E-state index contributed by atoms with van der Waals surface area (Å²) in [7, 11) is -5.33. The van der Waals surface area contributed by atoms with Crippen LogP contribution in [0.15, 0.2) is 99.2 Å². The molecule has 0 aliphatic heterocycles. The van der Waals surface area contributed by atoms with Crippen LogP contribution < -0.4 is 23.8 Å². The van der Waals surface area contributed by atoms with Crippen molar-refractivity contribution < 1.29 is 31.1 Å². The van der Waals surface area contributed by atoms with Gasteiger partial charge >= 0.3 is 0 Å². The lowest BCUT2D eigenvalue weighted by Crippen LogP contribution is -2.31. The molecule has 10 nitrogen and oxygen atoms in total. The lowest BCUT2D eigenvalue weighted by atomic mass is 10.1. The Kier molecular flexibility index (Phi) is 9.68. The highest BCUT2D eigenvalue weighted by atomic mass is 79.9. The van der Waals surface area contributed by atoms with E-state index < -0.39 is 26.0 Å². The maximum atomic E-state index is 13.6. The number of halogens is 1. The van der Waals surface area contributed by atoms with Crippen LogP contribution in [0.4, 0.5) is 17.1 Å². The molecule has 2 N–H and O–H groups in total. The molecule has 0 spiro atoms. The number of ether oxygens (including phenoxy) is 2. The van der Waals surface area contributed by atoms with Crippen molar-refractivity contribution in [1.82, 2.24) is 0 Å². The molecule has 0 saturated heterocycles. The molecule has 4 rings (SSSR count). The van der Waals surface area contributed by atoms with Gasteiger partial charge in [-0.25, -0.2) is 16.8 Å². The van der Waals surface area contributed by atoms with Gasteiger partial charge in [-0.1, -0.05) is 24.3 Å². The van der Waals surface area contributed by atoms with Gasteiger partial charge in [0.15, 0.2) is 0 Å². The zero-order chi connectivity index (χ0) is 31.4. The molecule has 0 aliphatic rings. The number of sulfonamides is 2. The fourth-order valence-electron chi connectivity index (χ4n) is 4.33. The third-order valence-electron chi connectivity index (χ3n) is 6.46. The fraction of sp³-hybridized carbons (Fsp3) is 0.167. The fourth-order valence-corrected chi connectivity index (χ4v) is 7.84. The van der Waals surface area contributed by atoms with Gasteiger partial charge < -0.3 is 14.8 Å². The van der Waals surface area contributed by atoms with Crippen LogP contribution in [-0.4, -0.2) is 43.5 Å². The lowest BCUT2D eigenvalue weighted by molar-refractivity contribution is 0.102. The van der Waals surface area contributed by atoms with Crippen molar-refractivity contribution in [3.8, 4) is 11.5 Å². The Morgan fingerprint density at radius 3 is 2.09 bits per heavy atom. The SMILES string of the molecule is CCN(c1ccccc1)S(=O)(=O)c1cc(C(=O)Nc2ccc(OC)c(S(=O)(=O)Nc3ccc(OC)c(Br)c3)c2)ccc1C. The Morgan fingerprint density at radius 2 is 1.47 bits per heavy atom. The standard InChI is InChI=1S/C30H30BrN3O7S2/c1-5-34(24-9-7-6-8-10-24)43(38,39)28-17-21(12-11-20(28)2)30(35)32-22-13-16-27(41-4)29(19-22)42(36,37)33-23-14-15-26(40-3)25(31)18-23/h6-19,33H,5H2,1-4H3,(H,32,35). The number of carbonyl (C=O) groups excluding carboxylic acids is 1. The molecule has 4 aromatic carbocycles. The Balaban J connectivity index is 1.63. The van der Waals surface area contributed by atoms with E-state index in [9.17, 15) is 21.6 Å². The van der Waals surface area contributed by atoms with E-state index in [1.165, 1.54) is 48.9 Å². The largest absolute Gasteiger partial charge is 0.496 e. The molecular formula is C30H30BrN3O7S2. The second kappa shape index (κ2) is 13.1. The first-order chi connectivity index (χ1) is 20.4. The first kappa shape index (κ1) is 31.9. The van der Waals surface area contributed by atoms with E-state index in [1.807, 2.05) is 0 Å². The number of nitrogens with zero attached hydrogens (tertiary/aromatic N) is 1. The average molecular weight is 689 g/mol. The van der Waals surface area contributed by atoms with E-state index in [-0.39, 0.29) is 39.0 Å².